The van der Waals surface area contributed by atoms with Gasteiger partial charge >= 0.3 is 0 Å². The number of H-pyrrole nitrogens is 1. The van der Waals surface area contributed by atoms with Crippen molar-refractivity contribution in [1.29, 1.82) is 0 Å². The summed E-state index contributed by atoms with van der Waals surface area (Å²) in [5.74, 6) is 1.32. The Morgan fingerprint density at radius 3 is 2.89 bits per heavy atom. The van der Waals surface area contributed by atoms with Gasteiger partial charge in [0.2, 0.25) is 0 Å². The summed E-state index contributed by atoms with van der Waals surface area (Å²) in [7, 11) is 0. The number of hydrogen-bond acceptors (Lipinski definition) is 4. The zero-order valence-corrected chi connectivity index (χ0v) is 10.3. The van der Waals surface area contributed by atoms with Gasteiger partial charge in [0, 0.05) is 12.2 Å². The van der Waals surface area contributed by atoms with Gasteiger partial charge in [0.05, 0.1) is 11.8 Å². The highest BCUT2D eigenvalue weighted by atomic mass is 15.2. The van der Waals surface area contributed by atoms with Gasteiger partial charge in [-0.1, -0.05) is 0 Å². The largest absolute Gasteiger partial charge is 0.383 e. The molecule has 0 spiro atoms. The van der Waals surface area contributed by atoms with Crippen LogP contribution in [0.15, 0.2) is 24.5 Å². The average molecular weight is 242 g/mol. The Hall–Kier alpha value is -2.37. The fourth-order valence-corrected chi connectivity index (χ4v) is 2.08. The summed E-state index contributed by atoms with van der Waals surface area (Å²) in [6.07, 6.45) is 3.46. The maximum Gasteiger partial charge on any atom is 0.160 e. The van der Waals surface area contributed by atoms with Gasteiger partial charge in [-0.25, -0.2) is 9.97 Å². The molecule has 0 fully saturated rings. The molecule has 0 amide bonds. The SMILES string of the molecule is CC(C)n1c(-c2cn[nH]c2N)nc2cccnc21. The molecule has 0 atom stereocenters. The lowest BCUT2D eigenvalue weighted by Crippen LogP contribution is -2.04. The highest BCUT2D eigenvalue weighted by Crippen LogP contribution is 2.29. The van der Waals surface area contributed by atoms with Crippen LogP contribution in [-0.2, 0) is 0 Å². The minimum Gasteiger partial charge on any atom is -0.383 e. The highest BCUT2D eigenvalue weighted by molar-refractivity contribution is 5.80. The first-order chi connectivity index (χ1) is 8.68. The number of aromatic amines is 1. The summed E-state index contributed by atoms with van der Waals surface area (Å²) in [4.78, 5) is 8.99. The van der Waals surface area contributed by atoms with Crippen molar-refractivity contribution in [3.05, 3.63) is 24.5 Å². The molecule has 6 heteroatoms. The van der Waals surface area contributed by atoms with Gasteiger partial charge < -0.3 is 10.3 Å². The van der Waals surface area contributed by atoms with Crippen molar-refractivity contribution in [2.75, 3.05) is 5.73 Å². The number of hydrogen-bond donors (Lipinski definition) is 2. The average Bonchev–Trinajstić information content (AvgIpc) is 2.91. The van der Waals surface area contributed by atoms with E-state index >= 15 is 0 Å². The van der Waals surface area contributed by atoms with Crippen molar-refractivity contribution in [2.24, 2.45) is 0 Å². The molecule has 0 saturated heterocycles. The molecule has 3 aromatic heterocycles. The van der Waals surface area contributed by atoms with Crippen molar-refractivity contribution in [3.8, 4) is 11.4 Å². The molecule has 3 rings (SSSR count). The van der Waals surface area contributed by atoms with E-state index in [-0.39, 0.29) is 6.04 Å². The number of aromatic nitrogens is 5. The summed E-state index contributed by atoms with van der Waals surface area (Å²) in [5.41, 5.74) is 8.41. The third-order valence-electron chi connectivity index (χ3n) is 2.87. The second-order valence-corrected chi connectivity index (χ2v) is 4.44. The Morgan fingerprint density at radius 1 is 1.39 bits per heavy atom. The maximum atomic E-state index is 5.87. The third-order valence-corrected chi connectivity index (χ3v) is 2.87. The second-order valence-electron chi connectivity index (χ2n) is 4.44. The number of nitrogens with zero attached hydrogens (tertiary/aromatic N) is 4. The number of nitrogens with two attached hydrogens (primary N) is 1. The lowest BCUT2D eigenvalue weighted by atomic mass is 10.3. The predicted octanol–water partition coefficient (Wildman–Crippen LogP) is 1.98. The minimum absolute atomic E-state index is 0.245. The Morgan fingerprint density at radius 2 is 2.22 bits per heavy atom. The van der Waals surface area contributed by atoms with Gasteiger partial charge in [0.1, 0.15) is 17.2 Å². The van der Waals surface area contributed by atoms with Crippen LogP contribution in [0, 0.1) is 0 Å². The van der Waals surface area contributed by atoms with Crippen LogP contribution in [-0.4, -0.2) is 24.7 Å². The second kappa shape index (κ2) is 3.83. The number of pyridine rings is 1. The molecule has 3 heterocycles. The molecule has 0 bridgehead atoms. The van der Waals surface area contributed by atoms with Gasteiger partial charge in [-0.15, -0.1) is 0 Å². The van der Waals surface area contributed by atoms with Gasteiger partial charge in [0.25, 0.3) is 0 Å². The number of fused-ring (bicyclic) bond motifs is 1. The van der Waals surface area contributed by atoms with Crippen LogP contribution in [0.1, 0.15) is 19.9 Å². The first kappa shape index (κ1) is 10.8. The van der Waals surface area contributed by atoms with E-state index in [1.54, 1.807) is 12.4 Å². The molecule has 0 unspecified atom stereocenters. The summed E-state index contributed by atoms with van der Waals surface area (Å²) in [6.45, 7) is 4.19. The van der Waals surface area contributed by atoms with E-state index in [0.717, 1.165) is 22.6 Å². The molecule has 3 N–H and O–H groups in total. The number of rotatable bonds is 2. The number of anilines is 1. The molecule has 0 aromatic carbocycles. The van der Waals surface area contributed by atoms with Crippen LogP contribution in [0.2, 0.25) is 0 Å². The Labute approximate surface area is 104 Å². The molecule has 6 nitrogen and oxygen atoms in total. The molecule has 0 radical (unpaired) electrons. The molecule has 3 aromatic rings. The van der Waals surface area contributed by atoms with Crippen molar-refractivity contribution in [1.82, 2.24) is 24.7 Å². The smallest absolute Gasteiger partial charge is 0.160 e. The standard InChI is InChI=1S/C12H14N6/c1-7(2)18-11(8-6-15-17-10(8)13)16-9-4-3-5-14-12(9)18/h3-7H,1-2H3,(H3,13,15,17). The number of imidazole rings is 1. The Kier molecular flexibility index (Phi) is 2.29. The van der Waals surface area contributed by atoms with E-state index in [9.17, 15) is 0 Å². The number of nitrogen functional groups attached to an aromatic ring is 1. The lowest BCUT2D eigenvalue weighted by Gasteiger charge is -2.11. The van der Waals surface area contributed by atoms with E-state index in [0.29, 0.717) is 5.82 Å². The maximum absolute atomic E-state index is 5.87. The van der Waals surface area contributed by atoms with Crippen molar-refractivity contribution >= 4 is 17.0 Å². The third kappa shape index (κ3) is 1.46. The molecular formula is C12H14N6. The van der Waals surface area contributed by atoms with Gasteiger partial charge in [0.15, 0.2) is 5.65 Å². The van der Waals surface area contributed by atoms with Gasteiger partial charge in [-0.3, -0.25) is 5.10 Å². The monoisotopic (exact) mass is 242 g/mol. The van der Waals surface area contributed by atoms with Crippen molar-refractivity contribution in [3.63, 3.8) is 0 Å². The Balaban J connectivity index is 2.35. The van der Waals surface area contributed by atoms with Crippen LogP contribution >= 0.6 is 0 Å². The first-order valence-corrected chi connectivity index (χ1v) is 5.80. The normalized spacial score (nSPS) is 11.5. The van der Waals surface area contributed by atoms with Crippen LogP contribution in [0.4, 0.5) is 5.82 Å². The minimum atomic E-state index is 0.245. The first-order valence-electron chi connectivity index (χ1n) is 5.80. The molecule has 0 aliphatic rings. The summed E-state index contributed by atoms with van der Waals surface area (Å²) in [6, 6.07) is 4.07. The molecule has 92 valence electrons. The molecule has 0 saturated carbocycles. The summed E-state index contributed by atoms with van der Waals surface area (Å²) >= 11 is 0. The summed E-state index contributed by atoms with van der Waals surface area (Å²) < 4.78 is 2.07. The van der Waals surface area contributed by atoms with Crippen LogP contribution in [0.25, 0.3) is 22.6 Å². The van der Waals surface area contributed by atoms with Gasteiger partial charge in [-0.05, 0) is 26.0 Å². The summed E-state index contributed by atoms with van der Waals surface area (Å²) in [5, 5.41) is 6.68. The fraction of sp³-hybridized carbons (Fsp3) is 0.250. The van der Waals surface area contributed by atoms with Crippen LogP contribution in [0.5, 0.6) is 0 Å². The predicted molar refractivity (Wildman–Crippen MR) is 69.9 cm³/mol. The number of nitrogens with one attached hydrogen (secondary N) is 1. The van der Waals surface area contributed by atoms with E-state index < -0.39 is 0 Å². The fourth-order valence-electron chi connectivity index (χ4n) is 2.08. The topological polar surface area (TPSA) is 85.4 Å². The van der Waals surface area contributed by atoms with E-state index in [1.807, 2.05) is 12.1 Å². The zero-order valence-electron chi connectivity index (χ0n) is 10.3. The van der Waals surface area contributed by atoms with E-state index in [1.165, 1.54) is 0 Å². The zero-order chi connectivity index (χ0) is 12.7. The van der Waals surface area contributed by atoms with Crippen LogP contribution in [0.3, 0.4) is 0 Å². The van der Waals surface area contributed by atoms with Crippen LogP contribution < -0.4 is 5.73 Å². The van der Waals surface area contributed by atoms with Crippen molar-refractivity contribution < 1.29 is 0 Å². The molecule has 18 heavy (non-hydrogen) atoms. The molecule has 0 aliphatic heterocycles. The highest BCUT2D eigenvalue weighted by Gasteiger charge is 2.18. The van der Waals surface area contributed by atoms with Crippen molar-refractivity contribution in [2.45, 2.75) is 19.9 Å². The van der Waals surface area contributed by atoms with Gasteiger partial charge in [-0.2, -0.15) is 5.10 Å². The molecule has 0 aliphatic carbocycles. The van der Waals surface area contributed by atoms with E-state index in [4.69, 9.17) is 5.73 Å². The lowest BCUT2D eigenvalue weighted by molar-refractivity contribution is 0.620. The quantitative estimate of drug-likeness (QED) is 0.719. The van der Waals surface area contributed by atoms with E-state index in [2.05, 4.69) is 38.6 Å². The Bertz CT molecular complexity index is 693. The molecular weight excluding hydrogens is 228 g/mol.